The summed E-state index contributed by atoms with van der Waals surface area (Å²) < 4.78 is 27.6. The minimum Gasteiger partial charge on any atom is -0.496 e. The van der Waals surface area contributed by atoms with Crippen LogP contribution in [-0.4, -0.2) is 94.9 Å². The van der Waals surface area contributed by atoms with Gasteiger partial charge >= 0.3 is 30.0 Å². The molecule has 0 N–H and O–H groups in total. The number of rotatable bonds is 9. The average Bonchev–Trinajstić information content (AvgIpc) is 3.38. The first kappa shape index (κ1) is 39.7. The molecule has 14 heteroatoms. The van der Waals surface area contributed by atoms with E-state index < -0.39 is 35.3 Å². The predicted molar refractivity (Wildman–Crippen MR) is 211 cm³/mol. The average molecular weight is 791 g/mol. The van der Waals surface area contributed by atoms with E-state index in [1.165, 1.54) is 40.7 Å². The normalized spacial score (nSPS) is 19.8. The molecule has 4 aromatic rings. The van der Waals surface area contributed by atoms with Gasteiger partial charge in [0.05, 0.1) is 60.2 Å². The summed E-state index contributed by atoms with van der Waals surface area (Å²) >= 11 is 0. The van der Waals surface area contributed by atoms with Gasteiger partial charge < -0.3 is 23.7 Å². The fourth-order valence-corrected chi connectivity index (χ4v) is 8.85. The molecule has 0 spiro atoms. The molecule has 2 fully saturated rings. The number of ether oxygens (including phenoxy) is 5. The van der Waals surface area contributed by atoms with Crippen molar-refractivity contribution < 1.29 is 47.7 Å². The van der Waals surface area contributed by atoms with Crippen LogP contribution in [0.2, 0.25) is 0 Å². The number of methoxy groups -OCH3 is 2. The Morgan fingerprint density at radius 1 is 0.517 bits per heavy atom. The molecule has 0 radical (unpaired) electrons. The van der Waals surface area contributed by atoms with Gasteiger partial charge in [-0.2, -0.15) is 0 Å². The molecule has 4 aliphatic heterocycles. The van der Waals surface area contributed by atoms with Crippen LogP contribution >= 0.6 is 0 Å². The van der Waals surface area contributed by atoms with Crippen LogP contribution in [0.25, 0.3) is 22.3 Å². The Morgan fingerprint density at radius 2 is 0.862 bits per heavy atom. The molecular weight excluding hydrogens is 745 g/mol. The third-order valence-electron chi connectivity index (χ3n) is 11.1. The molecule has 4 aliphatic rings. The van der Waals surface area contributed by atoms with Gasteiger partial charge in [-0.1, -0.05) is 72.8 Å². The second-order valence-electron chi connectivity index (χ2n) is 13.9. The highest BCUT2D eigenvalue weighted by molar-refractivity contribution is 6.10. The number of amides is 4. The molecule has 0 bridgehead atoms. The zero-order valence-corrected chi connectivity index (χ0v) is 33.4. The SMILES string of the molecule is CCOC(=O)C12N3Cc4c(OC)ccc(OC)c4CN1C(=O)N1Cc4c(-c5ccccc5)ccc(-c5ccccc5)c4CN(C3=O)C12C(=O)OCC.CCOC(C)=O. The Morgan fingerprint density at radius 3 is 1.16 bits per heavy atom. The molecule has 4 aromatic carbocycles. The Labute approximate surface area is 336 Å². The molecule has 0 saturated carbocycles. The van der Waals surface area contributed by atoms with E-state index in [1.54, 1.807) is 32.9 Å². The van der Waals surface area contributed by atoms with Crippen molar-refractivity contribution in [2.24, 2.45) is 0 Å². The first-order chi connectivity index (χ1) is 28.1. The summed E-state index contributed by atoms with van der Waals surface area (Å²) in [6, 6.07) is 25.7. The summed E-state index contributed by atoms with van der Waals surface area (Å²) in [5, 5.41) is 0. The number of nitrogens with zero attached hydrogens (tertiary/aromatic N) is 4. The molecule has 0 atom stereocenters. The molecular formula is C44H46N4O10. The van der Waals surface area contributed by atoms with Crippen molar-refractivity contribution in [2.75, 3.05) is 34.0 Å². The summed E-state index contributed by atoms with van der Waals surface area (Å²) in [5.74, 6) is -1.17. The first-order valence-corrected chi connectivity index (χ1v) is 19.2. The van der Waals surface area contributed by atoms with E-state index in [9.17, 15) is 9.59 Å². The second-order valence-corrected chi connectivity index (χ2v) is 13.9. The van der Waals surface area contributed by atoms with Crippen LogP contribution in [0.4, 0.5) is 9.59 Å². The van der Waals surface area contributed by atoms with E-state index in [2.05, 4.69) is 4.74 Å². The van der Waals surface area contributed by atoms with Gasteiger partial charge in [-0.05, 0) is 66.3 Å². The minimum atomic E-state index is -2.29. The fraction of sp³-hybridized carbons (Fsp3) is 0.341. The zero-order valence-electron chi connectivity index (χ0n) is 33.4. The maximum Gasteiger partial charge on any atom is 0.358 e. The van der Waals surface area contributed by atoms with Gasteiger partial charge in [-0.15, -0.1) is 0 Å². The number of benzene rings is 4. The van der Waals surface area contributed by atoms with Gasteiger partial charge in [0.1, 0.15) is 11.5 Å². The third kappa shape index (κ3) is 5.80. The van der Waals surface area contributed by atoms with E-state index in [0.717, 1.165) is 33.4 Å². The molecule has 8 rings (SSSR count). The van der Waals surface area contributed by atoms with Crippen LogP contribution < -0.4 is 9.47 Å². The van der Waals surface area contributed by atoms with Crippen molar-refractivity contribution in [1.29, 1.82) is 0 Å². The molecule has 58 heavy (non-hydrogen) atoms. The molecule has 0 aliphatic carbocycles. The van der Waals surface area contributed by atoms with Crippen LogP contribution in [0, 0.1) is 0 Å². The summed E-state index contributed by atoms with van der Waals surface area (Å²) in [6.45, 7) is 6.20. The maximum atomic E-state index is 15.4. The predicted octanol–water partition coefficient (Wildman–Crippen LogP) is 6.33. The van der Waals surface area contributed by atoms with Crippen molar-refractivity contribution in [1.82, 2.24) is 19.6 Å². The van der Waals surface area contributed by atoms with Crippen LogP contribution in [0.15, 0.2) is 84.9 Å². The topological polar surface area (TPSA) is 144 Å². The van der Waals surface area contributed by atoms with Crippen molar-refractivity contribution in [3.63, 3.8) is 0 Å². The largest absolute Gasteiger partial charge is 0.496 e. The molecule has 4 amide bonds. The molecule has 0 unspecified atom stereocenters. The number of esters is 3. The maximum absolute atomic E-state index is 15.4. The summed E-state index contributed by atoms with van der Waals surface area (Å²) in [6.07, 6.45) is 0. The monoisotopic (exact) mass is 790 g/mol. The van der Waals surface area contributed by atoms with Gasteiger partial charge in [0.2, 0.25) is 0 Å². The quantitative estimate of drug-likeness (QED) is 0.139. The number of urea groups is 2. The second kappa shape index (κ2) is 15.8. The van der Waals surface area contributed by atoms with Crippen LogP contribution in [0.1, 0.15) is 49.9 Å². The molecule has 0 aromatic heterocycles. The summed E-state index contributed by atoms with van der Waals surface area (Å²) in [5.41, 5.74) is 1.45. The number of carbonyl (C=O) groups is 5. The van der Waals surface area contributed by atoms with E-state index >= 15 is 14.4 Å². The van der Waals surface area contributed by atoms with Crippen LogP contribution in [0.3, 0.4) is 0 Å². The van der Waals surface area contributed by atoms with E-state index in [1.807, 2.05) is 72.8 Å². The summed E-state index contributed by atoms with van der Waals surface area (Å²) in [4.78, 5) is 75.8. The van der Waals surface area contributed by atoms with Crippen molar-refractivity contribution in [3.05, 3.63) is 107 Å². The highest BCUT2D eigenvalue weighted by Gasteiger charge is 2.87. The summed E-state index contributed by atoms with van der Waals surface area (Å²) in [7, 11) is 3.02. The van der Waals surface area contributed by atoms with Crippen molar-refractivity contribution in [3.8, 4) is 33.8 Å². The zero-order chi connectivity index (χ0) is 41.4. The highest BCUT2D eigenvalue weighted by atomic mass is 16.6. The lowest BCUT2D eigenvalue weighted by Crippen LogP contribution is -2.75. The number of carbonyl (C=O) groups excluding carboxylic acids is 5. The van der Waals surface area contributed by atoms with E-state index in [0.29, 0.717) is 29.2 Å². The number of fused-ring (bicyclic) bond motifs is 2. The van der Waals surface area contributed by atoms with Gasteiger partial charge in [0.25, 0.3) is 11.3 Å². The Kier molecular flexibility index (Phi) is 10.8. The van der Waals surface area contributed by atoms with Gasteiger partial charge in [0, 0.05) is 18.1 Å². The smallest absolute Gasteiger partial charge is 0.358 e. The van der Waals surface area contributed by atoms with E-state index in [4.69, 9.17) is 18.9 Å². The molecule has 4 heterocycles. The minimum absolute atomic E-state index is 0.0666. The molecule has 14 nitrogen and oxygen atoms in total. The lowest BCUT2D eigenvalue weighted by molar-refractivity contribution is -0.191. The van der Waals surface area contributed by atoms with E-state index in [-0.39, 0.29) is 45.4 Å². The van der Waals surface area contributed by atoms with Gasteiger partial charge in [-0.3, -0.25) is 24.4 Å². The fourth-order valence-electron chi connectivity index (χ4n) is 8.85. The van der Waals surface area contributed by atoms with Gasteiger partial charge in [0.15, 0.2) is 0 Å². The first-order valence-electron chi connectivity index (χ1n) is 19.2. The van der Waals surface area contributed by atoms with Crippen LogP contribution in [0.5, 0.6) is 11.5 Å². The Hall–Kier alpha value is -6.57. The van der Waals surface area contributed by atoms with Crippen LogP contribution in [-0.2, 0) is 54.8 Å². The molecule has 2 saturated heterocycles. The number of hydrogen-bond acceptors (Lipinski definition) is 10. The Balaban J connectivity index is 0.000000794. The standard InChI is InChI=1S/C40H38N4O8.C4H8O2/c1-5-51-35(45)39-40(36(46)52-6-2)43-23-31-32(34(50-4)20-19-33(31)49-3)24-44(40)38(48)42(39)22-30-28(26-15-11-8-12-16-26)18-17-27(25-13-9-7-10-14-25)29(30)21-41(39)37(43)47;1-3-6-4(2)5/h7-20H,5-6,21-24H2,1-4H3;3H2,1-2H3. The lowest BCUT2D eigenvalue weighted by atomic mass is 9.89. The molecule has 302 valence electrons. The highest BCUT2D eigenvalue weighted by Crippen LogP contribution is 2.59. The van der Waals surface area contributed by atoms with Crippen molar-refractivity contribution >= 4 is 30.0 Å². The Bertz CT molecular complexity index is 2140. The van der Waals surface area contributed by atoms with Gasteiger partial charge in [-0.25, -0.2) is 19.2 Å². The number of hydrogen-bond donors (Lipinski definition) is 0. The third-order valence-corrected chi connectivity index (χ3v) is 11.1. The van der Waals surface area contributed by atoms with Crippen molar-refractivity contribution in [2.45, 2.75) is 65.2 Å². The lowest BCUT2D eigenvalue weighted by Gasteiger charge is -2.44.